The van der Waals surface area contributed by atoms with Crippen LogP contribution in [0.2, 0.25) is 0 Å². The molecule has 2 heterocycles. The van der Waals surface area contributed by atoms with Crippen molar-refractivity contribution in [1.82, 2.24) is 20.2 Å². The number of imide groups is 1. The lowest BCUT2D eigenvalue weighted by Crippen LogP contribution is -2.27. The first-order valence-corrected chi connectivity index (χ1v) is 10.1. The number of nitrogens with zero attached hydrogens (tertiary/aromatic N) is 4. The Labute approximate surface area is 181 Å². The molecule has 156 valence electrons. The SMILES string of the molecule is CN(CCc1ccccc1)c1nccc(/C=C2/C(=O)NC(=O)N2Cc2ccccc2)n1. The fourth-order valence-corrected chi connectivity index (χ4v) is 3.33. The third kappa shape index (κ3) is 4.95. The Bertz CT molecular complexity index is 1100. The van der Waals surface area contributed by atoms with E-state index in [9.17, 15) is 9.59 Å². The molecule has 1 N–H and O–H groups in total. The van der Waals surface area contributed by atoms with E-state index in [0.29, 0.717) is 18.2 Å². The fourth-order valence-electron chi connectivity index (χ4n) is 3.33. The van der Waals surface area contributed by atoms with Crippen molar-refractivity contribution in [1.29, 1.82) is 0 Å². The van der Waals surface area contributed by atoms with E-state index >= 15 is 0 Å². The number of benzene rings is 2. The van der Waals surface area contributed by atoms with E-state index in [1.54, 1.807) is 18.3 Å². The number of carbonyl (C=O) groups is 2. The first-order chi connectivity index (χ1) is 15.1. The summed E-state index contributed by atoms with van der Waals surface area (Å²) in [6.45, 7) is 1.06. The number of nitrogens with one attached hydrogen (secondary N) is 1. The number of likely N-dealkylation sites (N-methyl/N-ethyl adjacent to an activating group) is 1. The summed E-state index contributed by atoms with van der Waals surface area (Å²) in [6, 6.07) is 21.0. The van der Waals surface area contributed by atoms with E-state index in [4.69, 9.17) is 0 Å². The van der Waals surface area contributed by atoms with E-state index in [-0.39, 0.29) is 5.70 Å². The maximum absolute atomic E-state index is 12.4. The lowest BCUT2D eigenvalue weighted by atomic mass is 10.1. The first-order valence-electron chi connectivity index (χ1n) is 10.1. The zero-order valence-electron chi connectivity index (χ0n) is 17.2. The summed E-state index contributed by atoms with van der Waals surface area (Å²) >= 11 is 0. The van der Waals surface area contributed by atoms with Crippen molar-refractivity contribution in [3.63, 3.8) is 0 Å². The molecule has 1 fully saturated rings. The highest BCUT2D eigenvalue weighted by Crippen LogP contribution is 2.20. The highest BCUT2D eigenvalue weighted by molar-refractivity contribution is 6.13. The Morgan fingerprint density at radius 1 is 0.968 bits per heavy atom. The summed E-state index contributed by atoms with van der Waals surface area (Å²) in [6.07, 6.45) is 4.15. The summed E-state index contributed by atoms with van der Waals surface area (Å²) in [5.74, 6) is 0.128. The van der Waals surface area contributed by atoms with E-state index in [1.165, 1.54) is 10.5 Å². The summed E-state index contributed by atoms with van der Waals surface area (Å²) < 4.78 is 0. The Kier molecular flexibility index (Phi) is 6.03. The molecule has 2 aromatic carbocycles. The molecule has 1 aromatic heterocycles. The van der Waals surface area contributed by atoms with Gasteiger partial charge in [-0.3, -0.25) is 15.0 Å². The molecular weight excluding hydrogens is 390 g/mol. The highest BCUT2D eigenvalue weighted by Gasteiger charge is 2.33. The second-order valence-electron chi connectivity index (χ2n) is 7.30. The second kappa shape index (κ2) is 9.21. The van der Waals surface area contributed by atoms with Gasteiger partial charge in [-0.2, -0.15) is 0 Å². The zero-order chi connectivity index (χ0) is 21.6. The van der Waals surface area contributed by atoms with Gasteiger partial charge in [-0.05, 0) is 29.7 Å². The predicted molar refractivity (Wildman–Crippen MR) is 119 cm³/mol. The van der Waals surface area contributed by atoms with Crippen molar-refractivity contribution in [2.45, 2.75) is 13.0 Å². The molecule has 1 aliphatic heterocycles. The van der Waals surface area contributed by atoms with Crippen LogP contribution >= 0.6 is 0 Å². The minimum absolute atomic E-state index is 0.269. The maximum atomic E-state index is 12.4. The van der Waals surface area contributed by atoms with Crippen LogP contribution < -0.4 is 10.2 Å². The van der Waals surface area contributed by atoms with Crippen LogP contribution in [-0.2, 0) is 17.8 Å². The molecule has 0 radical (unpaired) electrons. The minimum atomic E-state index is -0.436. The summed E-state index contributed by atoms with van der Waals surface area (Å²) in [7, 11) is 1.93. The quantitative estimate of drug-likeness (QED) is 0.475. The molecule has 0 atom stereocenters. The van der Waals surface area contributed by atoms with Crippen LogP contribution in [0, 0.1) is 0 Å². The number of hydrogen-bond acceptors (Lipinski definition) is 5. The smallest absolute Gasteiger partial charge is 0.329 e. The molecule has 1 saturated heterocycles. The lowest BCUT2D eigenvalue weighted by Gasteiger charge is -2.18. The van der Waals surface area contributed by atoms with Crippen LogP contribution in [0.15, 0.2) is 78.6 Å². The van der Waals surface area contributed by atoms with E-state index in [0.717, 1.165) is 18.5 Å². The summed E-state index contributed by atoms with van der Waals surface area (Å²) in [5.41, 5.74) is 3.01. The largest absolute Gasteiger partial charge is 0.344 e. The number of carbonyl (C=O) groups excluding carboxylic acids is 2. The van der Waals surface area contributed by atoms with Gasteiger partial charge >= 0.3 is 6.03 Å². The topological polar surface area (TPSA) is 78.4 Å². The molecular formula is C24H23N5O2. The zero-order valence-corrected chi connectivity index (χ0v) is 17.2. The molecule has 0 unspecified atom stereocenters. The van der Waals surface area contributed by atoms with Crippen molar-refractivity contribution in [3.05, 3.63) is 95.4 Å². The van der Waals surface area contributed by atoms with Crippen molar-refractivity contribution in [2.75, 3.05) is 18.5 Å². The highest BCUT2D eigenvalue weighted by atomic mass is 16.2. The van der Waals surface area contributed by atoms with Crippen molar-refractivity contribution >= 4 is 24.0 Å². The van der Waals surface area contributed by atoms with Crippen LogP contribution in [0.3, 0.4) is 0 Å². The van der Waals surface area contributed by atoms with Gasteiger partial charge in [0.15, 0.2) is 0 Å². The van der Waals surface area contributed by atoms with E-state index < -0.39 is 11.9 Å². The molecule has 0 aliphatic carbocycles. The Balaban J connectivity index is 1.51. The number of hydrogen-bond donors (Lipinski definition) is 1. The van der Waals surface area contributed by atoms with Crippen molar-refractivity contribution < 1.29 is 9.59 Å². The average molecular weight is 413 g/mol. The number of rotatable bonds is 7. The van der Waals surface area contributed by atoms with E-state index in [1.807, 2.05) is 60.5 Å². The van der Waals surface area contributed by atoms with Gasteiger partial charge in [-0.15, -0.1) is 0 Å². The van der Waals surface area contributed by atoms with Crippen LogP contribution in [0.4, 0.5) is 10.7 Å². The molecule has 0 spiro atoms. The molecule has 31 heavy (non-hydrogen) atoms. The predicted octanol–water partition coefficient (Wildman–Crippen LogP) is 3.25. The Morgan fingerprint density at radius 3 is 2.35 bits per heavy atom. The summed E-state index contributed by atoms with van der Waals surface area (Å²) in [4.78, 5) is 37.0. The molecule has 1 aliphatic rings. The number of urea groups is 1. The standard InChI is InChI=1S/C24H23N5O2/c1-28(15-13-18-8-4-2-5-9-18)23-25-14-12-20(26-23)16-21-22(30)27-24(31)29(21)17-19-10-6-3-7-11-19/h2-12,14,16H,13,15,17H2,1H3,(H,27,30,31)/b21-16-. The lowest BCUT2D eigenvalue weighted by molar-refractivity contribution is -0.116. The molecule has 0 saturated carbocycles. The van der Waals surface area contributed by atoms with Crippen LogP contribution in [0.5, 0.6) is 0 Å². The van der Waals surface area contributed by atoms with Crippen LogP contribution in [-0.4, -0.2) is 40.4 Å². The molecule has 7 heteroatoms. The fraction of sp³-hybridized carbons (Fsp3) is 0.167. The number of amides is 3. The van der Waals surface area contributed by atoms with Crippen LogP contribution in [0.25, 0.3) is 6.08 Å². The molecule has 3 amide bonds. The number of aromatic nitrogens is 2. The van der Waals surface area contributed by atoms with Crippen molar-refractivity contribution in [3.8, 4) is 0 Å². The third-order valence-corrected chi connectivity index (χ3v) is 5.04. The average Bonchev–Trinajstić information content (AvgIpc) is 3.06. The van der Waals surface area contributed by atoms with Gasteiger partial charge in [-0.25, -0.2) is 14.8 Å². The normalized spacial score (nSPS) is 14.7. The third-order valence-electron chi connectivity index (χ3n) is 5.04. The minimum Gasteiger partial charge on any atom is -0.344 e. The molecule has 4 rings (SSSR count). The molecule has 0 bridgehead atoms. The van der Waals surface area contributed by atoms with Crippen molar-refractivity contribution in [2.24, 2.45) is 0 Å². The van der Waals surface area contributed by atoms with Gasteiger partial charge < -0.3 is 4.90 Å². The van der Waals surface area contributed by atoms with E-state index in [2.05, 4.69) is 27.4 Å². The Morgan fingerprint density at radius 2 is 1.65 bits per heavy atom. The van der Waals surface area contributed by atoms with Gasteiger partial charge in [0, 0.05) is 19.8 Å². The van der Waals surface area contributed by atoms with Gasteiger partial charge in [0.2, 0.25) is 5.95 Å². The second-order valence-corrected chi connectivity index (χ2v) is 7.30. The number of anilines is 1. The van der Waals surface area contributed by atoms with Gasteiger partial charge in [0.25, 0.3) is 5.91 Å². The first kappa shape index (κ1) is 20.3. The van der Waals surface area contributed by atoms with Gasteiger partial charge in [0.05, 0.1) is 12.2 Å². The van der Waals surface area contributed by atoms with Gasteiger partial charge in [-0.1, -0.05) is 60.7 Å². The molecule has 7 nitrogen and oxygen atoms in total. The van der Waals surface area contributed by atoms with Gasteiger partial charge in [0.1, 0.15) is 5.70 Å². The van der Waals surface area contributed by atoms with Crippen LogP contribution in [0.1, 0.15) is 16.8 Å². The maximum Gasteiger partial charge on any atom is 0.329 e. The summed E-state index contributed by atoms with van der Waals surface area (Å²) in [5, 5.41) is 2.36. The Hall–Kier alpha value is -4.00. The monoisotopic (exact) mass is 413 g/mol. The molecule has 3 aromatic rings.